The summed E-state index contributed by atoms with van der Waals surface area (Å²) >= 11 is 0. The molecule has 30 heavy (non-hydrogen) atoms. The van der Waals surface area contributed by atoms with Gasteiger partial charge in [0.25, 0.3) is 0 Å². The summed E-state index contributed by atoms with van der Waals surface area (Å²) in [6.07, 6.45) is 16.9. The van der Waals surface area contributed by atoms with Gasteiger partial charge in [0, 0.05) is 12.8 Å². The monoisotopic (exact) mass is 426 g/mol. The van der Waals surface area contributed by atoms with Crippen molar-refractivity contribution in [2.75, 3.05) is 0 Å². The molecule has 2 atom stereocenters. The molecule has 0 amide bonds. The van der Waals surface area contributed by atoms with Gasteiger partial charge in [0.1, 0.15) is 12.2 Å². The molecular weight excluding hydrogens is 376 g/mol. The molecule has 0 aliphatic rings. The highest BCUT2D eigenvalue weighted by atomic mass is 16.6. The smallest absolute Gasteiger partial charge is 0.306 e. The number of unbranched alkanes of at least 4 members (excludes halogenated alkanes) is 10. The lowest BCUT2D eigenvalue weighted by molar-refractivity contribution is -0.169. The van der Waals surface area contributed by atoms with Crippen LogP contribution in [0.4, 0.5) is 0 Å². The molecule has 4 heteroatoms. The van der Waals surface area contributed by atoms with Crippen molar-refractivity contribution in [3.63, 3.8) is 0 Å². The van der Waals surface area contributed by atoms with E-state index in [0.29, 0.717) is 12.8 Å². The topological polar surface area (TPSA) is 52.6 Å². The molecule has 0 aromatic heterocycles. The summed E-state index contributed by atoms with van der Waals surface area (Å²) in [4.78, 5) is 24.9. The number of rotatable bonds is 21. The third-order valence-electron chi connectivity index (χ3n) is 5.63. The van der Waals surface area contributed by atoms with E-state index in [1.165, 1.54) is 25.7 Å². The van der Waals surface area contributed by atoms with E-state index >= 15 is 0 Å². The normalized spacial score (nSPS) is 13.1. The summed E-state index contributed by atoms with van der Waals surface area (Å²) < 4.78 is 11.8. The average Bonchev–Trinajstić information content (AvgIpc) is 2.73. The van der Waals surface area contributed by atoms with Crippen LogP contribution in [0.3, 0.4) is 0 Å². The Morgan fingerprint density at radius 2 is 0.833 bits per heavy atom. The lowest BCUT2D eigenvalue weighted by Crippen LogP contribution is -2.35. The van der Waals surface area contributed by atoms with E-state index in [1.54, 1.807) is 0 Å². The summed E-state index contributed by atoms with van der Waals surface area (Å²) in [5.74, 6) is -0.269. The van der Waals surface area contributed by atoms with Crippen molar-refractivity contribution < 1.29 is 19.1 Å². The molecule has 0 saturated carbocycles. The molecule has 0 aromatic carbocycles. The predicted octanol–water partition coefficient (Wildman–Crippen LogP) is 7.91. The van der Waals surface area contributed by atoms with E-state index in [2.05, 4.69) is 27.7 Å². The number of esters is 2. The average molecular weight is 427 g/mol. The molecule has 0 saturated heterocycles. The lowest BCUT2D eigenvalue weighted by Gasteiger charge is -2.27. The molecule has 0 heterocycles. The number of carbonyl (C=O) groups is 2. The molecule has 0 aliphatic carbocycles. The molecule has 0 radical (unpaired) electrons. The molecule has 178 valence electrons. The van der Waals surface area contributed by atoms with Crippen molar-refractivity contribution >= 4 is 11.9 Å². The third kappa shape index (κ3) is 16.7. The molecule has 4 nitrogen and oxygen atoms in total. The van der Waals surface area contributed by atoms with Gasteiger partial charge in [-0.25, -0.2) is 0 Å². The number of carbonyl (C=O) groups excluding carboxylic acids is 2. The Hall–Kier alpha value is -1.06. The number of hydrogen-bond donors (Lipinski definition) is 0. The molecule has 0 bridgehead atoms. The van der Waals surface area contributed by atoms with E-state index in [4.69, 9.17) is 9.47 Å². The molecule has 0 spiro atoms. The van der Waals surface area contributed by atoms with E-state index in [0.717, 1.165) is 77.0 Å². The molecule has 0 fully saturated rings. The van der Waals surface area contributed by atoms with E-state index in [-0.39, 0.29) is 24.1 Å². The van der Waals surface area contributed by atoms with Gasteiger partial charge < -0.3 is 9.47 Å². The molecule has 0 N–H and O–H groups in total. The first-order valence-electron chi connectivity index (χ1n) is 13.0. The van der Waals surface area contributed by atoms with Crippen molar-refractivity contribution in [2.24, 2.45) is 0 Å². The van der Waals surface area contributed by atoms with Crippen LogP contribution < -0.4 is 0 Å². The van der Waals surface area contributed by atoms with Crippen molar-refractivity contribution in [3.05, 3.63) is 0 Å². The SMILES string of the molecule is CCCCCCC(OC(=O)CCCCC)C(CCCCCC)OC(=O)CCCCC. The first kappa shape index (κ1) is 28.9. The van der Waals surface area contributed by atoms with Crippen LogP contribution in [0, 0.1) is 0 Å². The molecular formula is C26H50O4. The van der Waals surface area contributed by atoms with Crippen molar-refractivity contribution in [1.82, 2.24) is 0 Å². The number of ether oxygens (including phenoxy) is 2. The lowest BCUT2D eigenvalue weighted by atomic mass is 9.99. The van der Waals surface area contributed by atoms with Gasteiger partial charge in [0.15, 0.2) is 0 Å². The highest BCUT2D eigenvalue weighted by molar-refractivity contribution is 5.70. The second-order valence-corrected chi connectivity index (χ2v) is 8.67. The van der Waals surface area contributed by atoms with Crippen molar-refractivity contribution in [3.8, 4) is 0 Å². The second kappa shape index (κ2) is 21.2. The first-order chi connectivity index (χ1) is 14.6. The van der Waals surface area contributed by atoms with Gasteiger partial charge in [-0.05, 0) is 38.5 Å². The van der Waals surface area contributed by atoms with E-state index in [1.807, 2.05) is 0 Å². The van der Waals surface area contributed by atoms with Crippen LogP contribution in [0.15, 0.2) is 0 Å². The van der Waals surface area contributed by atoms with Crippen LogP contribution in [0.25, 0.3) is 0 Å². The van der Waals surface area contributed by atoms with Gasteiger partial charge in [-0.2, -0.15) is 0 Å². The maximum absolute atomic E-state index is 12.4. The maximum atomic E-state index is 12.4. The van der Waals surface area contributed by atoms with Gasteiger partial charge >= 0.3 is 11.9 Å². The Balaban J connectivity index is 4.99. The van der Waals surface area contributed by atoms with Crippen LogP contribution in [0.5, 0.6) is 0 Å². The van der Waals surface area contributed by atoms with Crippen LogP contribution in [0.2, 0.25) is 0 Å². The minimum absolute atomic E-state index is 0.135. The summed E-state index contributed by atoms with van der Waals surface area (Å²) in [6, 6.07) is 0. The van der Waals surface area contributed by atoms with Crippen LogP contribution in [-0.4, -0.2) is 24.1 Å². The highest BCUT2D eigenvalue weighted by Crippen LogP contribution is 2.21. The van der Waals surface area contributed by atoms with Gasteiger partial charge in [-0.3, -0.25) is 9.59 Å². The van der Waals surface area contributed by atoms with Gasteiger partial charge in [0.05, 0.1) is 0 Å². The largest absolute Gasteiger partial charge is 0.458 e. The van der Waals surface area contributed by atoms with Crippen LogP contribution >= 0.6 is 0 Å². The van der Waals surface area contributed by atoms with E-state index < -0.39 is 0 Å². The van der Waals surface area contributed by atoms with Crippen LogP contribution in [0.1, 0.15) is 143 Å². The Kier molecular flexibility index (Phi) is 20.4. The fourth-order valence-corrected chi connectivity index (χ4v) is 3.68. The maximum Gasteiger partial charge on any atom is 0.306 e. The number of hydrogen-bond acceptors (Lipinski definition) is 4. The summed E-state index contributed by atoms with van der Waals surface area (Å²) in [6.45, 7) is 8.65. The van der Waals surface area contributed by atoms with Crippen molar-refractivity contribution in [2.45, 2.75) is 155 Å². The van der Waals surface area contributed by atoms with Crippen molar-refractivity contribution in [1.29, 1.82) is 0 Å². The fourth-order valence-electron chi connectivity index (χ4n) is 3.68. The zero-order valence-electron chi connectivity index (χ0n) is 20.5. The summed E-state index contributed by atoms with van der Waals surface area (Å²) in [7, 11) is 0. The third-order valence-corrected chi connectivity index (χ3v) is 5.63. The first-order valence-corrected chi connectivity index (χ1v) is 13.0. The zero-order valence-corrected chi connectivity index (χ0v) is 20.5. The fraction of sp³-hybridized carbons (Fsp3) is 0.923. The zero-order chi connectivity index (χ0) is 22.5. The highest BCUT2D eigenvalue weighted by Gasteiger charge is 2.28. The van der Waals surface area contributed by atoms with Gasteiger partial charge in [-0.15, -0.1) is 0 Å². The quantitative estimate of drug-likeness (QED) is 0.138. The minimum atomic E-state index is -0.298. The summed E-state index contributed by atoms with van der Waals surface area (Å²) in [5, 5.41) is 0. The Morgan fingerprint density at radius 3 is 1.17 bits per heavy atom. The van der Waals surface area contributed by atoms with Gasteiger partial charge in [-0.1, -0.05) is 91.9 Å². The molecule has 2 unspecified atom stereocenters. The second-order valence-electron chi connectivity index (χ2n) is 8.67. The van der Waals surface area contributed by atoms with Crippen LogP contribution in [-0.2, 0) is 19.1 Å². The Bertz CT molecular complexity index is 370. The molecule has 0 aromatic rings. The standard InChI is InChI=1S/C26H50O4/c1-5-9-13-17-19-23(29-25(27)21-15-11-7-3)24(20-18-14-10-6-2)30-26(28)22-16-12-8-4/h23-24H,5-22H2,1-4H3. The predicted molar refractivity (Wildman–Crippen MR) is 126 cm³/mol. The Labute approximate surface area is 186 Å². The minimum Gasteiger partial charge on any atom is -0.458 e. The Morgan fingerprint density at radius 1 is 0.500 bits per heavy atom. The molecule has 0 rings (SSSR count). The summed E-state index contributed by atoms with van der Waals surface area (Å²) in [5.41, 5.74) is 0. The molecule has 0 aliphatic heterocycles. The van der Waals surface area contributed by atoms with E-state index in [9.17, 15) is 9.59 Å². The van der Waals surface area contributed by atoms with Gasteiger partial charge in [0.2, 0.25) is 0 Å².